The number of hydrogen-bond acceptors (Lipinski definition) is 2. The van der Waals surface area contributed by atoms with E-state index in [2.05, 4.69) is 0 Å². The van der Waals surface area contributed by atoms with E-state index in [0.29, 0.717) is 12.0 Å². The molecule has 0 amide bonds. The van der Waals surface area contributed by atoms with Crippen LogP contribution in [-0.2, 0) is 6.42 Å². The van der Waals surface area contributed by atoms with Crippen molar-refractivity contribution < 1.29 is 13.9 Å². The van der Waals surface area contributed by atoms with E-state index in [4.69, 9.17) is 5.73 Å². The highest BCUT2D eigenvalue weighted by Gasteiger charge is 2.11. The van der Waals surface area contributed by atoms with Gasteiger partial charge in [-0.3, -0.25) is 0 Å². The molecular weight excluding hydrogens is 188 g/mol. The summed E-state index contributed by atoms with van der Waals surface area (Å²) in [7, 11) is 0. The number of nitrogens with two attached hydrogens (primary N) is 1. The van der Waals surface area contributed by atoms with Gasteiger partial charge in [-0.25, -0.2) is 8.78 Å². The Bertz CT molecular complexity index is 313. The molecule has 0 aromatic heterocycles. The van der Waals surface area contributed by atoms with Gasteiger partial charge in [0.2, 0.25) is 0 Å². The van der Waals surface area contributed by atoms with E-state index < -0.39 is 6.43 Å². The fourth-order valence-corrected chi connectivity index (χ4v) is 1.25. The molecule has 0 heterocycles. The molecule has 1 atom stereocenters. The largest absolute Gasteiger partial charge is 0.508 e. The second-order valence-corrected chi connectivity index (χ2v) is 3.37. The van der Waals surface area contributed by atoms with E-state index in [1.54, 1.807) is 6.92 Å². The van der Waals surface area contributed by atoms with Gasteiger partial charge in [0.05, 0.1) is 0 Å². The Morgan fingerprint density at radius 2 is 2.07 bits per heavy atom. The van der Waals surface area contributed by atoms with Crippen LogP contribution in [0.15, 0.2) is 18.2 Å². The first kappa shape index (κ1) is 10.9. The summed E-state index contributed by atoms with van der Waals surface area (Å²) in [5.74, 6) is 0.0201. The zero-order valence-corrected chi connectivity index (χ0v) is 7.87. The number of hydrogen-bond donors (Lipinski definition) is 2. The minimum Gasteiger partial charge on any atom is -0.508 e. The van der Waals surface area contributed by atoms with Gasteiger partial charge in [0, 0.05) is 11.6 Å². The molecule has 0 aliphatic rings. The van der Waals surface area contributed by atoms with E-state index in [9.17, 15) is 13.9 Å². The third-order valence-electron chi connectivity index (χ3n) is 1.90. The molecule has 14 heavy (non-hydrogen) atoms. The van der Waals surface area contributed by atoms with E-state index in [-0.39, 0.29) is 17.4 Å². The maximum atomic E-state index is 12.3. The predicted molar refractivity (Wildman–Crippen MR) is 50.4 cm³/mol. The number of benzene rings is 1. The third kappa shape index (κ3) is 2.67. The fraction of sp³-hybridized carbons (Fsp3) is 0.400. The minimum atomic E-state index is -2.51. The maximum Gasteiger partial charge on any atom is 0.263 e. The molecule has 1 unspecified atom stereocenters. The molecule has 0 saturated carbocycles. The lowest BCUT2D eigenvalue weighted by Crippen LogP contribution is -2.17. The lowest BCUT2D eigenvalue weighted by atomic mass is 10.0. The van der Waals surface area contributed by atoms with Crippen LogP contribution in [0.2, 0.25) is 0 Å². The van der Waals surface area contributed by atoms with Crippen molar-refractivity contribution in [2.45, 2.75) is 25.8 Å². The second kappa shape index (κ2) is 4.37. The van der Waals surface area contributed by atoms with Crippen LogP contribution in [0.4, 0.5) is 8.78 Å². The van der Waals surface area contributed by atoms with Gasteiger partial charge < -0.3 is 10.8 Å². The van der Waals surface area contributed by atoms with Crippen molar-refractivity contribution in [3.8, 4) is 5.75 Å². The van der Waals surface area contributed by atoms with Crippen LogP contribution in [0.3, 0.4) is 0 Å². The Labute approximate surface area is 81.4 Å². The van der Waals surface area contributed by atoms with Crippen LogP contribution in [0.5, 0.6) is 5.75 Å². The first-order valence-electron chi connectivity index (χ1n) is 4.36. The fourth-order valence-electron chi connectivity index (χ4n) is 1.25. The molecule has 0 aliphatic carbocycles. The Kier molecular flexibility index (Phi) is 3.41. The zero-order chi connectivity index (χ0) is 10.7. The van der Waals surface area contributed by atoms with Gasteiger partial charge in [-0.05, 0) is 37.1 Å². The van der Waals surface area contributed by atoms with Crippen molar-refractivity contribution in [1.82, 2.24) is 0 Å². The molecule has 78 valence electrons. The highest BCUT2D eigenvalue weighted by Crippen LogP contribution is 2.25. The number of phenolic OH excluding ortho intramolecular Hbond substituents is 1. The average molecular weight is 201 g/mol. The smallest absolute Gasteiger partial charge is 0.263 e. The van der Waals surface area contributed by atoms with Crippen LogP contribution >= 0.6 is 0 Å². The van der Waals surface area contributed by atoms with Crippen molar-refractivity contribution in [3.63, 3.8) is 0 Å². The van der Waals surface area contributed by atoms with E-state index in [1.165, 1.54) is 18.2 Å². The molecule has 0 saturated heterocycles. The van der Waals surface area contributed by atoms with Gasteiger partial charge in [-0.2, -0.15) is 0 Å². The summed E-state index contributed by atoms with van der Waals surface area (Å²) >= 11 is 0. The van der Waals surface area contributed by atoms with Gasteiger partial charge in [0.15, 0.2) is 0 Å². The van der Waals surface area contributed by atoms with Crippen molar-refractivity contribution in [2.75, 3.05) is 0 Å². The van der Waals surface area contributed by atoms with E-state index >= 15 is 0 Å². The summed E-state index contributed by atoms with van der Waals surface area (Å²) in [6.07, 6.45) is -2.12. The van der Waals surface area contributed by atoms with Crippen molar-refractivity contribution in [2.24, 2.45) is 5.73 Å². The quantitative estimate of drug-likeness (QED) is 0.787. The van der Waals surface area contributed by atoms with Gasteiger partial charge in [0.25, 0.3) is 6.43 Å². The third-order valence-corrected chi connectivity index (χ3v) is 1.90. The van der Waals surface area contributed by atoms with Crippen LogP contribution in [0.1, 0.15) is 24.5 Å². The molecule has 1 aromatic rings. The molecular formula is C10H13F2NO. The van der Waals surface area contributed by atoms with Gasteiger partial charge >= 0.3 is 0 Å². The number of rotatable bonds is 3. The van der Waals surface area contributed by atoms with Crippen molar-refractivity contribution in [3.05, 3.63) is 29.3 Å². The molecule has 1 aromatic carbocycles. The summed E-state index contributed by atoms with van der Waals surface area (Å²) in [6, 6.07) is 3.63. The SMILES string of the molecule is CC(N)Cc1cc(C(F)F)ccc1O. The number of aromatic hydroxyl groups is 1. The van der Waals surface area contributed by atoms with Gasteiger partial charge in [-0.15, -0.1) is 0 Å². The molecule has 3 N–H and O–H groups in total. The summed E-state index contributed by atoms with van der Waals surface area (Å²) in [5, 5.41) is 9.37. The average Bonchev–Trinajstić information content (AvgIpc) is 2.07. The van der Waals surface area contributed by atoms with Crippen LogP contribution < -0.4 is 5.73 Å². The lowest BCUT2D eigenvalue weighted by molar-refractivity contribution is 0.151. The first-order chi connectivity index (χ1) is 6.50. The Balaban J connectivity index is 2.96. The molecule has 0 bridgehead atoms. The Morgan fingerprint density at radius 1 is 1.43 bits per heavy atom. The molecule has 0 spiro atoms. The molecule has 1 rings (SSSR count). The van der Waals surface area contributed by atoms with Crippen molar-refractivity contribution in [1.29, 1.82) is 0 Å². The minimum absolute atomic E-state index is 0.0201. The van der Waals surface area contributed by atoms with Gasteiger partial charge in [-0.1, -0.05) is 0 Å². The number of phenols is 1. The lowest BCUT2D eigenvalue weighted by Gasteiger charge is -2.09. The number of halogens is 2. The predicted octanol–water partition coefficient (Wildman–Crippen LogP) is 2.22. The first-order valence-corrected chi connectivity index (χ1v) is 4.36. The standard InChI is InChI=1S/C10H13F2NO/c1-6(13)4-8-5-7(10(11)12)2-3-9(8)14/h2-3,5-6,10,14H,4,13H2,1H3. The number of alkyl halides is 2. The molecule has 2 nitrogen and oxygen atoms in total. The zero-order valence-electron chi connectivity index (χ0n) is 7.87. The highest BCUT2D eigenvalue weighted by molar-refractivity contribution is 5.37. The van der Waals surface area contributed by atoms with E-state index in [0.717, 1.165) is 0 Å². The maximum absolute atomic E-state index is 12.3. The second-order valence-electron chi connectivity index (χ2n) is 3.37. The molecule has 0 aliphatic heterocycles. The summed E-state index contributed by atoms with van der Waals surface area (Å²) in [4.78, 5) is 0. The summed E-state index contributed by atoms with van der Waals surface area (Å²) in [6.45, 7) is 1.76. The molecule has 4 heteroatoms. The Morgan fingerprint density at radius 3 is 2.57 bits per heavy atom. The van der Waals surface area contributed by atoms with Crippen molar-refractivity contribution >= 4 is 0 Å². The summed E-state index contributed by atoms with van der Waals surface area (Å²) in [5.41, 5.74) is 5.91. The van der Waals surface area contributed by atoms with Crippen LogP contribution in [0, 0.1) is 0 Å². The van der Waals surface area contributed by atoms with Crippen LogP contribution in [-0.4, -0.2) is 11.1 Å². The topological polar surface area (TPSA) is 46.2 Å². The normalized spacial score (nSPS) is 13.2. The van der Waals surface area contributed by atoms with E-state index in [1.807, 2.05) is 0 Å². The molecule has 0 radical (unpaired) electrons. The van der Waals surface area contributed by atoms with Crippen LogP contribution in [0.25, 0.3) is 0 Å². The molecule has 0 fully saturated rings. The highest BCUT2D eigenvalue weighted by atomic mass is 19.3. The summed E-state index contributed by atoms with van der Waals surface area (Å²) < 4.78 is 24.6. The van der Waals surface area contributed by atoms with Gasteiger partial charge in [0.1, 0.15) is 5.75 Å². The Hall–Kier alpha value is -1.16. The monoisotopic (exact) mass is 201 g/mol.